The Morgan fingerprint density at radius 3 is 2.74 bits per heavy atom. The molecule has 0 aromatic carbocycles. The minimum atomic E-state index is 0.199. The van der Waals surface area contributed by atoms with Crippen LogP contribution in [-0.4, -0.2) is 19.7 Å². The third-order valence-electron chi connectivity index (χ3n) is 2.93. The molecule has 2 aromatic heterocycles. The van der Waals surface area contributed by atoms with Gasteiger partial charge in [0.25, 0.3) is 0 Å². The molecule has 0 amide bonds. The summed E-state index contributed by atoms with van der Waals surface area (Å²) in [5, 5.41) is 7.69. The molecule has 0 aliphatic carbocycles. The van der Waals surface area contributed by atoms with E-state index in [1.807, 2.05) is 29.1 Å². The van der Waals surface area contributed by atoms with E-state index >= 15 is 0 Å². The molecule has 0 fully saturated rings. The molecule has 0 radical (unpaired) electrons. The summed E-state index contributed by atoms with van der Waals surface area (Å²) in [4.78, 5) is 8.65. The highest BCUT2D eigenvalue weighted by atomic mass is 15.3. The third kappa shape index (κ3) is 3.86. The monoisotopic (exact) mass is 259 g/mol. The van der Waals surface area contributed by atoms with Crippen molar-refractivity contribution >= 4 is 0 Å². The Morgan fingerprint density at radius 1 is 1.21 bits per heavy atom. The first-order valence-corrected chi connectivity index (χ1v) is 6.68. The van der Waals surface area contributed by atoms with E-state index < -0.39 is 0 Å². The molecule has 0 bridgehead atoms. The van der Waals surface area contributed by atoms with Crippen LogP contribution in [0.15, 0.2) is 30.7 Å². The highest BCUT2D eigenvalue weighted by molar-refractivity contribution is 5.07. The van der Waals surface area contributed by atoms with Gasteiger partial charge in [0.1, 0.15) is 12.2 Å². The summed E-state index contributed by atoms with van der Waals surface area (Å²) in [7, 11) is 0. The first-order chi connectivity index (χ1) is 9.16. The van der Waals surface area contributed by atoms with Gasteiger partial charge in [-0.15, -0.1) is 0 Å². The molecule has 2 rings (SSSR count). The van der Waals surface area contributed by atoms with Crippen LogP contribution >= 0.6 is 0 Å². The number of hydrogen-bond donors (Lipinski definition) is 1. The Balaban J connectivity index is 1.94. The number of nitrogens with one attached hydrogen (secondary N) is 1. The van der Waals surface area contributed by atoms with Crippen molar-refractivity contribution < 1.29 is 0 Å². The Bertz CT molecular complexity index is 492. The summed E-state index contributed by atoms with van der Waals surface area (Å²) in [5.74, 6) is 1.53. The normalized spacial score (nSPS) is 12.8. The largest absolute Gasteiger partial charge is 0.302 e. The maximum atomic E-state index is 4.34. The van der Waals surface area contributed by atoms with Gasteiger partial charge in [-0.3, -0.25) is 4.98 Å². The van der Waals surface area contributed by atoms with Gasteiger partial charge in [-0.05, 0) is 25.0 Å². The summed E-state index contributed by atoms with van der Waals surface area (Å²) in [6, 6.07) is 6.15. The van der Waals surface area contributed by atoms with E-state index in [1.54, 1.807) is 6.33 Å². The fourth-order valence-electron chi connectivity index (χ4n) is 1.90. The van der Waals surface area contributed by atoms with E-state index in [-0.39, 0.29) is 6.04 Å². The van der Waals surface area contributed by atoms with Crippen molar-refractivity contribution in [2.45, 2.75) is 39.9 Å². The highest BCUT2D eigenvalue weighted by Crippen LogP contribution is 2.09. The third-order valence-corrected chi connectivity index (χ3v) is 2.93. The molecule has 5 heteroatoms. The Labute approximate surface area is 114 Å². The minimum Gasteiger partial charge on any atom is -0.302 e. The first-order valence-electron chi connectivity index (χ1n) is 6.68. The quantitative estimate of drug-likeness (QED) is 0.864. The lowest BCUT2D eigenvalue weighted by molar-refractivity contribution is 0.448. The fraction of sp³-hybridized carbons (Fsp3) is 0.500. The van der Waals surface area contributed by atoms with Gasteiger partial charge in [0.15, 0.2) is 0 Å². The number of nitrogens with zero attached hydrogens (tertiary/aromatic N) is 4. The Hall–Kier alpha value is -1.75. The maximum Gasteiger partial charge on any atom is 0.140 e. The average Bonchev–Trinajstić information content (AvgIpc) is 2.83. The maximum absolute atomic E-state index is 4.34. The Morgan fingerprint density at radius 2 is 2.05 bits per heavy atom. The zero-order valence-corrected chi connectivity index (χ0v) is 11.7. The molecular formula is C14H21N5. The lowest BCUT2D eigenvalue weighted by Crippen LogP contribution is -2.22. The van der Waals surface area contributed by atoms with Crippen molar-refractivity contribution in [2.24, 2.45) is 5.92 Å². The standard InChI is InChI=1S/C14H21N5/c1-11(2)9-19-14(17-10-18-19)8-16-12(3)13-6-4-5-7-15-13/h4-7,10-12,16H,8-9H2,1-3H3/t12-/m1/s1. The lowest BCUT2D eigenvalue weighted by atomic mass is 10.2. The molecule has 102 valence electrons. The first kappa shape index (κ1) is 13.7. The van der Waals surface area contributed by atoms with Crippen LogP contribution in [0.4, 0.5) is 0 Å². The van der Waals surface area contributed by atoms with Gasteiger partial charge in [-0.2, -0.15) is 5.10 Å². The van der Waals surface area contributed by atoms with Crippen molar-refractivity contribution in [3.63, 3.8) is 0 Å². The van der Waals surface area contributed by atoms with Crippen LogP contribution in [0.2, 0.25) is 0 Å². The predicted molar refractivity (Wildman–Crippen MR) is 74.4 cm³/mol. The number of pyridine rings is 1. The van der Waals surface area contributed by atoms with Crippen molar-refractivity contribution in [3.8, 4) is 0 Å². The van der Waals surface area contributed by atoms with Crippen molar-refractivity contribution in [1.29, 1.82) is 0 Å². The smallest absolute Gasteiger partial charge is 0.140 e. The molecule has 0 saturated carbocycles. The van der Waals surface area contributed by atoms with E-state index in [1.165, 1.54) is 0 Å². The van der Waals surface area contributed by atoms with E-state index in [2.05, 4.69) is 41.2 Å². The van der Waals surface area contributed by atoms with Crippen LogP contribution in [-0.2, 0) is 13.1 Å². The highest BCUT2D eigenvalue weighted by Gasteiger charge is 2.09. The number of hydrogen-bond acceptors (Lipinski definition) is 4. The van der Waals surface area contributed by atoms with Crippen LogP contribution in [0.5, 0.6) is 0 Å². The molecular weight excluding hydrogens is 238 g/mol. The van der Waals surface area contributed by atoms with E-state index in [0.717, 1.165) is 18.1 Å². The van der Waals surface area contributed by atoms with E-state index in [0.29, 0.717) is 12.5 Å². The van der Waals surface area contributed by atoms with Gasteiger partial charge >= 0.3 is 0 Å². The average molecular weight is 259 g/mol. The molecule has 5 nitrogen and oxygen atoms in total. The van der Waals surface area contributed by atoms with Gasteiger partial charge in [-0.25, -0.2) is 9.67 Å². The van der Waals surface area contributed by atoms with Gasteiger partial charge in [0, 0.05) is 18.8 Å². The van der Waals surface area contributed by atoms with Gasteiger partial charge in [-0.1, -0.05) is 19.9 Å². The van der Waals surface area contributed by atoms with E-state index in [9.17, 15) is 0 Å². The zero-order valence-electron chi connectivity index (χ0n) is 11.7. The second kappa shape index (κ2) is 6.43. The molecule has 1 atom stereocenters. The van der Waals surface area contributed by atoms with Crippen molar-refractivity contribution in [2.75, 3.05) is 0 Å². The SMILES string of the molecule is CC(C)Cn1ncnc1CN[C@H](C)c1ccccn1. The predicted octanol–water partition coefficient (Wildman–Crippen LogP) is 2.18. The van der Waals surface area contributed by atoms with Crippen molar-refractivity contribution in [1.82, 2.24) is 25.1 Å². The van der Waals surface area contributed by atoms with Crippen LogP contribution in [0.1, 0.15) is 38.3 Å². The summed E-state index contributed by atoms with van der Waals surface area (Å²) in [6.45, 7) is 8.05. The summed E-state index contributed by atoms with van der Waals surface area (Å²) in [6.07, 6.45) is 3.43. The topological polar surface area (TPSA) is 55.6 Å². The summed E-state index contributed by atoms with van der Waals surface area (Å²) < 4.78 is 1.96. The minimum absolute atomic E-state index is 0.199. The van der Waals surface area contributed by atoms with E-state index in [4.69, 9.17) is 0 Å². The van der Waals surface area contributed by atoms with Gasteiger partial charge in [0.05, 0.1) is 12.2 Å². The van der Waals surface area contributed by atoms with Crippen LogP contribution in [0, 0.1) is 5.92 Å². The molecule has 19 heavy (non-hydrogen) atoms. The zero-order chi connectivity index (χ0) is 13.7. The summed E-state index contributed by atoms with van der Waals surface area (Å²) >= 11 is 0. The molecule has 0 unspecified atom stereocenters. The molecule has 2 heterocycles. The molecule has 0 spiro atoms. The molecule has 0 aliphatic rings. The lowest BCUT2D eigenvalue weighted by Gasteiger charge is -2.14. The second-order valence-corrected chi connectivity index (χ2v) is 5.11. The molecule has 2 aromatic rings. The number of rotatable bonds is 6. The van der Waals surface area contributed by atoms with Gasteiger partial charge in [0.2, 0.25) is 0 Å². The van der Waals surface area contributed by atoms with Crippen LogP contribution in [0.25, 0.3) is 0 Å². The van der Waals surface area contributed by atoms with Gasteiger partial charge < -0.3 is 5.32 Å². The fourth-order valence-corrected chi connectivity index (χ4v) is 1.90. The number of aromatic nitrogens is 4. The summed E-state index contributed by atoms with van der Waals surface area (Å²) in [5.41, 5.74) is 1.04. The van der Waals surface area contributed by atoms with Crippen molar-refractivity contribution in [3.05, 3.63) is 42.2 Å². The molecule has 1 N–H and O–H groups in total. The second-order valence-electron chi connectivity index (χ2n) is 5.11. The van der Waals surface area contributed by atoms with Crippen LogP contribution in [0.3, 0.4) is 0 Å². The van der Waals surface area contributed by atoms with Crippen LogP contribution < -0.4 is 5.32 Å². The molecule has 0 aliphatic heterocycles. The molecule has 0 saturated heterocycles. The Kier molecular flexibility index (Phi) is 4.63.